The van der Waals surface area contributed by atoms with E-state index >= 15 is 0 Å². The minimum Gasteiger partial charge on any atom is -0.483 e. The van der Waals surface area contributed by atoms with Crippen molar-refractivity contribution in [2.75, 3.05) is 19.7 Å². The zero-order valence-electron chi connectivity index (χ0n) is 16.8. The summed E-state index contributed by atoms with van der Waals surface area (Å²) in [6.07, 6.45) is 3.87. The average Bonchev–Trinajstić information content (AvgIpc) is 3.39. The summed E-state index contributed by atoms with van der Waals surface area (Å²) >= 11 is 1.29. The van der Waals surface area contributed by atoms with Gasteiger partial charge in [-0.05, 0) is 55.3 Å². The fourth-order valence-corrected chi connectivity index (χ4v) is 4.17. The quantitative estimate of drug-likeness (QED) is 0.744. The Hall–Kier alpha value is -3.06. The van der Waals surface area contributed by atoms with Gasteiger partial charge in [0.1, 0.15) is 5.75 Å². The predicted octanol–water partition coefficient (Wildman–Crippen LogP) is 3.89. The van der Waals surface area contributed by atoms with E-state index < -0.39 is 0 Å². The fourth-order valence-electron chi connectivity index (χ4n) is 3.35. The normalized spacial score (nSPS) is 18.8. The van der Waals surface area contributed by atoms with Crippen molar-refractivity contribution in [1.82, 2.24) is 10.2 Å². The SMILES string of the molecule is Cc1ccccc1N=C1NC(=O)C(=Cc2ccccc2OCC(=O)N2CCCC2)S1. The van der Waals surface area contributed by atoms with E-state index in [9.17, 15) is 9.59 Å². The lowest BCUT2D eigenvalue weighted by Crippen LogP contribution is -2.32. The van der Waals surface area contributed by atoms with Crippen molar-refractivity contribution in [1.29, 1.82) is 0 Å². The summed E-state index contributed by atoms with van der Waals surface area (Å²) < 4.78 is 5.79. The maximum absolute atomic E-state index is 12.4. The number of rotatable bonds is 5. The largest absolute Gasteiger partial charge is 0.483 e. The van der Waals surface area contributed by atoms with Gasteiger partial charge in [0.15, 0.2) is 11.8 Å². The second-order valence-corrected chi connectivity index (χ2v) is 8.21. The predicted molar refractivity (Wildman–Crippen MR) is 120 cm³/mol. The van der Waals surface area contributed by atoms with Crippen LogP contribution in [0.5, 0.6) is 5.75 Å². The highest BCUT2D eigenvalue weighted by atomic mass is 32.2. The first-order valence-electron chi connectivity index (χ1n) is 9.95. The van der Waals surface area contributed by atoms with E-state index in [4.69, 9.17) is 4.74 Å². The van der Waals surface area contributed by atoms with Crippen LogP contribution in [-0.4, -0.2) is 41.6 Å². The number of nitrogens with one attached hydrogen (secondary N) is 1. The van der Waals surface area contributed by atoms with Crippen LogP contribution in [0.4, 0.5) is 5.69 Å². The molecular weight excluding hydrogens is 398 g/mol. The summed E-state index contributed by atoms with van der Waals surface area (Å²) in [6.45, 7) is 3.58. The van der Waals surface area contributed by atoms with E-state index in [1.807, 2.05) is 60.4 Å². The van der Waals surface area contributed by atoms with Crippen LogP contribution in [0, 0.1) is 6.92 Å². The Labute approximate surface area is 180 Å². The van der Waals surface area contributed by atoms with Crippen molar-refractivity contribution >= 4 is 40.5 Å². The highest BCUT2D eigenvalue weighted by molar-refractivity contribution is 8.18. The molecule has 7 heteroatoms. The molecule has 154 valence electrons. The van der Waals surface area contributed by atoms with Gasteiger partial charge in [-0.25, -0.2) is 4.99 Å². The second-order valence-electron chi connectivity index (χ2n) is 7.18. The van der Waals surface area contributed by atoms with Crippen molar-refractivity contribution in [3.05, 3.63) is 64.6 Å². The number of carbonyl (C=O) groups excluding carboxylic acids is 2. The fraction of sp³-hybridized carbons (Fsp3) is 0.261. The number of benzene rings is 2. The summed E-state index contributed by atoms with van der Waals surface area (Å²) in [5, 5.41) is 3.36. The maximum Gasteiger partial charge on any atom is 0.264 e. The van der Waals surface area contributed by atoms with Gasteiger partial charge in [-0.15, -0.1) is 0 Å². The molecule has 1 N–H and O–H groups in total. The number of carbonyl (C=O) groups is 2. The Bertz CT molecular complexity index is 1030. The third kappa shape index (κ3) is 4.74. The summed E-state index contributed by atoms with van der Waals surface area (Å²) in [6, 6.07) is 15.2. The molecule has 6 nitrogen and oxygen atoms in total. The number of hydrogen-bond acceptors (Lipinski definition) is 5. The summed E-state index contributed by atoms with van der Waals surface area (Å²) in [5.74, 6) is 0.376. The average molecular weight is 422 g/mol. The molecule has 2 aromatic carbocycles. The van der Waals surface area contributed by atoms with E-state index in [2.05, 4.69) is 10.3 Å². The molecular formula is C23H23N3O3S. The zero-order chi connectivity index (χ0) is 20.9. The van der Waals surface area contributed by atoms with Crippen LogP contribution in [0.3, 0.4) is 0 Å². The van der Waals surface area contributed by atoms with Gasteiger partial charge in [0.2, 0.25) is 0 Å². The Morgan fingerprint density at radius 1 is 1.17 bits per heavy atom. The Kier molecular flexibility index (Phi) is 6.18. The van der Waals surface area contributed by atoms with Gasteiger partial charge in [-0.2, -0.15) is 0 Å². The molecule has 2 aliphatic rings. The van der Waals surface area contributed by atoms with E-state index in [1.54, 1.807) is 6.08 Å². The van der Waals surface area contributed by atoms with Crippen LogP contribution in [0.15, 0.2) is 58.4 Å². The number of para-hydroxylation sites is 2. The Morgan fingerprint density at radius 2 is 1.90 bits per heavy atom. The van der Waals surface area contributed by atoms with E-state index in [1.165, 1.54) is 11.8 Å². The number of aryl methyl sites for hydroxylation is 1. The first kappa shape index (κ1) is 20.2. The molecule has 0 aromatic heterocycles. The molecule has 0 spiro atoms. The van der Waals surface area contributed by atoms with E-state index in [0.717, 1.165) is 42.7 Å². The molecule has 4 rings (SSSR count). The van der Waals surface area contributed by atoms with E-state index in [-0.39, 0.29) is 18.4 Å². The molecule has 2 aliphatic heterocycles. The lowest BCUT2D eigenvalue weighted by atomic mass is 10.2. The van der Waals surface area contributed by atoms with Crippen LogP contribution in [0.1, 0.15) is 24.0 Å². The molecule has 2 amide bonds. The molecule has 2 aromatic rings. The van der Waals surface area contributed by atoms with Crippen LogP contribution in [0.2, 0.25) is 0 Å². The van der Waals surface area contributed by atoms with Gasteiger partial charge in [0, 0.05) is 18.7 Å². The highest BCUT2D eigenvalue weighted by Crippen LogP contribution is 2.31. The number of likely N-dealkylation sites (tertiary alicyclic amines) is 1. The number of nitrogens with zero attached hydrogens (tertiary/aromatic N) is 2. The molecule has 0 atom stereocenters. The van der Waals surface area contributed by atoms with Crippen LogP contribution >= 0.6 is 11.8 Å². The van der Waals surface area contributed by atoms with Crippen molar-refractivity contribution in [2.45, 2.75) is 19.8 Å². The Balaban J connectivity index is 1.48. The van der Waals surface area contributed by atoms with Crippen molar-refractivity contribution < 1.29 is 14.3 Å². The summed E-state index contributed by atoms with van der Waals surface area (Å²) in [5.41, 5.74) is 2.62. The number of thioether (sulfide) groups is 1. The number of aliphatic imine (C=N–C) groups is 1. The van der Waals surface area contributed by atoms with Crippen LogP contribution < -0.4 is 10.1 Å². The number of hydrogen-bond donors (Lipinski definition) is 1. The third-order valence-electron chi connectivity index (χ3n) is 5.00. The highest BCUT2D eigenvalue weighted by Gasteiger charge is 2.24. The second kappa shape index (κ2) is 9.17. The molecule has 2 heterocycles. The first-order chi connectivity index (χ1) is 14.6. The topological polar surface area (TPSA) is 71.0 Å². The summed E-state index contributed by atoms with van der Waals surface area (Å²) in [7, 11) is 0. The summed E-state index contributed by atoms with van der Waals surface area (Å²) in [4.78, 5) is 31.6. The van der Waals surface area contributed by atoms with Crippen molar-refractivity contribution in [3.63, 3.8) is 0 Å². The van der Waals surface area contributed by atoms with Crippen LogP contribution in [-0.2, 0) is 9.59 Å². The maximum atomic E-state index is 12.4. The monoisotopic (exact) mass is 421 g/mol. The minimum absolute atomic E-state index is 0.000478. The van der Waals surface area contributed by atoms with Gasteiger partial charge in [0.05, 0.1) is 10.6 Å². The molecule has 0 bridgehead atoms. The molecule has 2 saturated heterocycles. The van der Waals surface area contributed by atoms with Crippen molar-refractivity contribution in [2.24, 2.45) is 4.99 Å². The van der Waals surface area contributed by atoms with Gasteiger partial charge in [0.25, 0.3) is 11.8 Å². The van der Waals surface area contributed by atoms with E-state index in [0.29, 0.717) is 15.8 Å². The van der Waals surface area contributed by atoms with Crippen LogP contribution in [0.25, 0.3) is 6.08 Å². The molecule has 2 fully saturated rings. The lowest BCUT2D eigenvalue weighted by molar-refractivity contribution is -0.132. The first-order valence-corrected chi connectivity index (χ1v) is 10.8. The number of amidine groups is 1. The van der Waals surface area contributed by atoms with Gasteiger partial charge >= 0.3 is 0 Å². The standard InChI is InChI=1S/C23H23N3O3S/c1-16-8-2-4-10-18(16)24-23-25-22(28)20(30-23)14-17-9-3-5-11-19(17)29-15-21(27)26-12-6-7-13-26/h2-5,8-11,14H,6-7,12-13,15H2,1H3,(H,24,25,28). The molecule has 0 unspecified atom stereocenters. The lowest BCUT2D eigenvalue weighted by Gasteiger charge is -2.16. The number of amides is 2. The zero-order valence-corrected chi connectivity index (χ0v) is 17.6. The molecule has 0 radical (unpaired) electrons. The van der Waals surface area contributed by atoms with Gasteiger partial charge < -0.3 is 15.0 Å². The Morgan fingerprint density at radius 3 is 2.70 bits per heavy atom. The molecule has 30 heavy (non-hydrogen) atoms. The van der Waals surface area contributed by atoms with Gasteiger partial charge in [-0.1, -0.05) is 36.4 Å². The molecule has 0 aliphatic carbocycles. The minimum atomic E-state index is -0.199. The van der Waals surface area contributed by atoms with Gasteiger partial charge in [-0.3, -0.25) is 9.59 Å². The number of ether oxygens (including phenoxy) is 1. The third-order valence-corrected chi connectivity index (χ3v) is 5.91. The smallest absolute Gasteiger partial charge is 0.264 e. The van der Waals surface area contributed by atoms with Crippen molar-refractivity contribution in [3.8, 4) is 5.75 Å². The molecule has 0 saturated carbocycles.